The van der Waals surface area contributed by atoms with Gasteiger partial charge >= 0.3 is 0 Å². The summed E-state index contributed by atoms with van der Waals surface area (Å²) in [6.45, 7) is 5.22. The molecule has 0 saturated carbocycles. The van der Waals surface area contributed by atoms with E-state index in [1.54, 1.807) is 0 Å². The van der Waals surface area contributed by atoms with Gasteiger partial charge in [0.1, 0.15) is 0 Å². The van der Waals surface area contributed by atoms with Gasteiger partial charge in [0.25, 0.3) is 0 Å². The zero-order valence-electron chi connectivity index (χ0n) is 11.6. The number of rotatable bonds is 4. The van der Waals surface area contributed by atoms with E-state index in [1.807, 2.05) is 0 Å². The quantitative estimate of drug-likeness (QED) is 0.887. The molecule has 2 atom stereocenters. The van der Waals surface area contributed by atoms with Crippen molar-refractivity contribution in [1.82, 2.24) is 0 Å². The molecule has 1 fully saturated rings. The van der Waals surface area contributed by atoms with Crippen molar-refractivity contribution in [2.45, 2.75) is 58.1 Å². The van der Waals surface area contributed by atoms with Gasteiger partial charge < -0.3 is 10.5 Å². The Hall–Kier alpha value is -0.860. The first-order chi connectivity index (χ1) is 8.65. The van der Waals surface area contributed by atoms with Gasteiger partial charge in [-0.25, -0.2) is 0 Å². The molecule has 0 bridgehead atoms. The molecule has 0 aromatic heterocycles. The van der Waals surface area contributed by atoms with Crippen LogP contribution < -0.4 is 5.73 Å². The molecule has 1 aromatic carbocycles. The molecule has 2 rings (SSSR count). The summed E-state index contributed by atoms with van der Waals surface area (Å²) in [5.41, 5.74) is 10.3. The van der Waals surface area contributed by atoms with Crippen molar-refractivity contribution in [3.8, 4) is 0 Å². The minimum absolute atomic E-state index is 0.216. The number of aryl methyl sites for hydroxylation is 2. The van der Waals surface area contributed by atoms with E-state index in [-0.39, 0.29) is 6.04 Å². The first kappa shape index (κ1) is 13.6. The molecular weight excluding hydrogens is 222 g/mol. The van der Waals surface area contributed by atoms with E-state index >= 15 is 0 Å². The van der Waals surface area contributed by atoms with Gasteiger partial charge in [0.15, 0.2) is 0 Å². The molecule has 2 nitrogen and oxygen atoms in total. The van der Waals surface area contributed by atoms with Crippen molar-refractivity contribution in [3.63, 3.8) is 0 Å². The molecule has 100 valence electrons. The van der Waals surface area contributed by atoms with Gasteiger partial charge in [-0.15, -0.1) is 0 Å². The number of hydrogen-bond acceptors (Lipinski definition) is 2. The Bertz CT molecular complexity index is 383. The van der Waals surface area contributed by atoms with Crippen molar-refractivity contribution in [3.05, 3.63) is 34.9 Å². The van der Waals surface area contributed by atoms with Crippen LogP contribution in [0.1, 0.15) is 42.4 Å². The molecule has 2 N–H and O–H groups in total. The van der Waals surface area contributed by atoms with Gasteiger partial charge in [-0.3, -0.25) is 0 Å². The summed E-state index contributed by atoms with van der Waals surface area (Å²) in [7, 11) is 0. The Kier molecular flexibility index (Phi) is 4.79. The molecule has 1 aliphatic heterocycles. The monoisotopic (exact) mass is 247 g/mol. The van der Waals surface area contributed by atoms with Gasteiger partial charge in [-0.1, -0.05) is 23.8 Å². The predicted molar refractivity (Wildman–Crippen MR) is 75.8 cm³/mol. The van der Waals surface area contributed by atoms with Gasteiger partial charge in [-0.05, 0) is 57.1 Å². The zero-order chi connectivity index (χ0) is 13.0. The summed E-state index contributed by atoms with van der Waals surface area (Å²) >= 11 is 0. The van der Waals surface area contributed by atoms with Crippen LogP contribution in [0.4, 0.5) is 0 Å². The normalized spacial score (nSPS) is 21.8. The minimum Gasteiger partial charge on any atom is -0.378 e. The zero-order valence-corrected chi connectivity index (χ0v) is 11.6. The summed E-state index contributed by atoms with van der Waals surface area (Å²) in [6, 6.07) is 6.83. The topological polar surface area (TPSA) is 35.2 Å². The average molecular weight is 247 g/mol. The van der Waals surface area contributed by atoms with Crippen molar-refractivity contribution >= 4 is 0 Å². The lowest BCUT2D eigenvalue weighted by Gasteiger charge is -2.25. The summed E-state index contributed by atoms with van der Waals surface area (Å²) in [4.78, 5) is 0. The van der Waals surface area contributed by atoms with Crippen LogP contribution in [0.2, 0.25) is 0 Å². The summed E-state index contributed by atoms with van der Waals surface area (Å²) in [5, 5.41) is 0. The lowest BCUT2D eigenvalue weighted by molar-refractivity contribution is 0.00746. The van der Waals surface area contributed by atoms with Gasteiger partial charge in [0, 0.05) is 12.6 Å². The number of nitrogens with two attached hydrogens (primary N) is 1. The van der Waals surface area contributed by atoms with Crippen LogP contribution >= 0.6 is 0 Å². The van der Waals surface area contributed by atoms with E-state index in [4.69, 9.17) is 10.5 Å². The van der Waals surface area contributed by atoms with Crippen LogP contribution in [0.25, 0.3) is 0 Å². The van der Waals surface area contributed by atoms with Crippen LogP contribution in [-0.4, -0.2) is 18.8 Å². The molecule has 1 saturated heterocycles. The largest absolute Gasteiger partial charge is 0.378 e. The summed E-state index contributed by atoms with van der Waals surface area (Å²) < 4.78 is 5.76. The maximum absolute atomic E-state index is 6.28. The van der Waals surface area contributed by atoms with E-state index in [2.05, 4.69) is 32.0 Å². The van der Waals surface area contributed by atoms with Gasteiger partial charge in [0.2, 0.25) is 0 Å². The van der Waals surface area contributed by atoms with E-state index in [0.717, 1.165) is 19.4 Å². The Morgan fingerprint density at radius 2 is 2.17 bits per heavy atom. The molecule has 0 radical (unpaired) electrons. The average Bonchev–Trinajstić information content (AvgIpc) is 2.35. The highest BCUT2D eigenvalue weighted by Gasteiger charge is 2.17. The third kappa shape index (κ3) is 3.82. The fraction of sp³-hybridized carbons (Fsp3) is 0.625. The molecule has 2 unspecified atom stereocenters. The first-order valence-corrected chi connectivity index (χ1v) is 7.08. The highest BCUT2D eigenvalue weighted by atomic mass is 16.5. The van der Waals surface area contributed by atoms with Crippen molar-refractivity contribution in [2.75, 3.05) is 6.61 Å². The van der Waals surface area contributed by atoms with Crippen LogP contribution in [0.3, 0.4) is 0 Å². The molecule has 0 aliphatic carbocycles. The SMILES string of the molecule is Cc1ccc(C)c(CC(N)CC2CCCCO2)c1. The first-order valence-electron chi connectivity index (χ1n) is 7.08. The second-order valence-electron chi connectivity index (χ2n) is 5.62. The fourth-order valence-corrected chi connectivity index (χ4v) is 2.72. The lowest BCUT2D eigenvalue weighted by atomic mass is 9.94. The summed E-state index contributed by atoms with van der Waals surface area (Å²) in [5.74, 6) is 0. The second kappa shape index (κ2) is 6.35. The molecule has 18 heavy (non-hydrogen) atoms. The van der Waals surface area contributed by atoms with Gasteiger partial charge in [0.05, 0.1) is 6.10 Å². The van der Waals surface area contributed by atoms with Crippen LogP contribution in [0.15, 0.2) is 18.2 Å². The highest BCUT2D eigenvalue weighted by molar-refractivity contribution is 5.31. The van der Waals surface area contributed by atoms with E-state index < -0.39 is 0 Å². The smallest absolute Gasteiger partial charge is 0.0590 e. The fourth-order valence-electron chi connectivity index (χ4n) is 2.72. The Balaban J connectivity index is 1.89. The Morgan fingerprint density at radius 1 is 1.33 bits per heavy atom. The Morgan fingerprint density at radius 3 is 2.89 bits per heavy atom. The molecular formula is C16H25NO. The third-order valence-electron chi connectivity index (χ3n) is 3.83. The van der Waals surface area contributed by atoms with Crippen molar-refractivity contribution < 1.29 is 4.74 Å². The number of ether oxygens (including phenoxy) is 1. The Labute approximate surface area is 111 Å². The van der Waals surface area contributed by atoms with E-state index in [1.165, 1.54) is 36.0 Å². The molecule has 0 amide bonds. The number of hydrogen-bond donors (Lipinski definition) is 1. The standard InChI is InChI=1S/C16H25NO/c1-12-6-7-13(2)14(9-12)10-15(17)11-16-5-3-4-8-18-16/h6-7,9,15-16H,3-5,8,10-11,17H2,1-2H3. The maximum Gasteiger partial charge on any atom is 0.0590 e. The highest BCUT2D eigenvalue weighted by Crippen LogP contribution is 2.19. The van der Waals surface area contributed by atoms with Crippen LogP contribution in [0.5, 0.6) is 0 Å². The van der Waals surface area contributed by atoms with E-state index in [0.29, 0.717) is 6.10 Å². The molecule has 2 heteroatoms. The lowest BCUT2D eigenvalue weighted by Crippen LogP contribution is -2.31. The van der Waals surface area contributed by atoms with Crippen molar-refractivity contribution in [2.24, 2.45) is 5.73 Å². The maximum atomic E-state index is 6.28. The number of benzene rings is 1. The summed E-state index contributed by atoms with van der Waals surface area (Å²) in [6.07, 6.45) is 6.03. The third-order valence-corrected chi connectivity index (χ3v) is 3.83. The van der Waals surface area contributed by atoms with E-state index in [9.17, 15) is 0 Å². The molecule has 0 spiro atoms. The van der Waals surface area contributed by atoms with Crippen molar-refractivity contribution in [1.29, 1.82) is 0 Å². The molecule has 1 aliphatic rings. The molecule has 1 aromatic rings. The second-order valence-corrected chi connectivity index (χ2v) is 5.62. The predicted octanol–water partition coefficient (Wildman–Crippen LogP) is 3.13. The minimum atomic E-state index is 0.216. The van der Waals surface area contributed by atoms with Crippen LogP contribution in [0, 0.1) is 13.8 Å². The van der Waals surface area contributed by atoms with Crippen LogP contribution in [-0.2, 0) is 11.2 Å². The molecule has 1 heterocycles. The van der Waals surface area contributed by atoms with Gasteiger partial charge in [-0.2, -0.15) is 0 Å².